The molecule has 0 fully saturated rings. The molecule has 8 nitrogen and oxygen atoms in total. The van der Waals surface area contributed by atoms with Crippen LogP contribution in [-0.4, -0.2) is 41.3 Å². The zero-order valence-corrected chi connectivity index (χ0v) is 20.0. The Morgan fingerprint density at radius 1 is 0.971 bits per heavy atom. The number of para-hydroxylation sites is 1. The summed E-state index contributed by atoms with van der Waals surface area (Å²) in [5, 5.41) is 5.92. The summed E-state index contributed by atoms with van der Waals surface area (Å²) in [4.78, 5) is 26.1. The minimum atomic E-state index is -0.602. The number of pyridine rings is 1. The SMILES string of the molecule is COc1cccc(OC)c1NC(=O)c1ccc(Nc2ncc(SC)c(-c3cccnc3F)n2)cc1. The van der Waals surface area contributed by atoms with E-state index in [-0.39, 0.29) is 11.9 Å². The second-order valence-electron chi connectivity index (χ2n) is 7.15. The highest BCUT2D eigenvalue weighted by Gasteiger charge is 2.16. The lowest BCUT2D eigenvalue weighted by Crippen LogP contribution is -2.13. The number of rotatable bonds is 8. The van der Waals surface area contributed by atoms with Crippen molar-refractivity contribution < 1.29 is 18.7 Å². The van der Waals surface area contributed by atoms with E-state index < -0.39 is 5.95 Å². The molecule has 4 rings (SSSR count). The maximum absolute atomic E-state index is 14.3. The Hall–Kier alpha value is -4.18. The Morgan fingerprint density at radius 3 is 2.31 bits per heavy atom. The van der Waals surface area contributed by atoms with Crippen LogP contribution in [0.2, 0.25) is 0 Å². The molecule has 1 amide bonds. The number of halogens is 1. The van der Waals surface area contributed by atoms with Crippen LogP contribution in [0.3, 0.4) is 0 Å². The number of methoxy groups -OCH3 is 2. The lowest BCUT2D eigenvalue weighted by atomic mass is 10.1. The number of ether oxygens (including phenoxy) is 2. The largest absolute Gasteiger partial charge is 0.494 e. The second-order valence-corrected chi connectivity index (χ2v) is 7.99. The van der Waals surface area contributed by atoms with Crippen molar-refractivity contribution in [1.82, 2.24) is 15.0 Å². The van der Waals surface area contributed by atoms with Crippen LogP contribution >= 0.6 is 11.8 Å². The lowest BCUT2D eigenvalue weighted by molar-refractivity contribution is 0.102. The number of aromatic nitrogens is 3. The number of carbonyl (C=O) groups is 1. The minimum Gasteiger partial charge on any atom is -0.494 e. The van der Waals surface area contributed by atoms with Crippen LogP contribution in [0.5, 0.6) is 11.5 Å². The Kier molecular flexibility index (Phi) is 7.41. The summed E-state index contributed by atoms with van der Waals surface area (Å²) in [7, 11) is 3.04. The zero-order chi connectivity index (χ0) is 24.8. The molecule has 0 radical (unpaired) electrons. The number of amides is 1. The average Bonchev–Trinajstić information content (AvgIpc) is 2.89. The van der Waals surface area contributed by atoms with Crippen LogP contribution in [0.25, 0.3) is 11.3 Å². The van der Waals surface area contributed by atoms with Gasteiger partial charge in [0.25, 0.3) is 5.91 Å². The first-order valence-corrected chi connectivity index (χ1v) is 11.7. The first-order valence-electron chi connectivity index (χ1n) is 10.5. The highest BCUT2D eigenvalue weighted by Crippen LogP contribution is 2.34. The molecule has 2 aromatic carbocycles. The third-order valence-electron chi connectivity index (χ3n) is 5.06. The van der Waals surface area contributed by atoms with Crippen LogP contribution in [0.15, 0.2) is 71.9 Å². The Bertz CT molecular complexity index is 1330. The van der Waals surface area contributed by atoms with E-state index in [4.69, 9.17) is 9.47 Å². The number of benzene rings is 2. The molecular formula is C25H22FN5O3S. The van der Waals surface area contributed by atoms with E-state index in [0.717, 1.165) is 4.90 Å². The fourth-order valence-electron chi connectivity index (χ4n) is 3.33. The molecule has 0 aliphatic carbocycles. The predicted molar refractivity (Wildman–Crippen MR) is 134 cm³/mol. The smallest absolute Gasteiger partial charge is 0.255 e. The maximum atomic E-state index is 14.3. The quantitative estimate of drug-likeness (QED) is 0.249. The van der Waals surface area contributed by atoms with E-state index in [1.165, 1.54) is 32.2 Å². The molecule has 0 aliphatic rings. The van der Waals surface area contributed by atoms with Crippen LogP contribution in [0, 0.1) is 5.95 Å². The Balaban J connectivity index is 1.53. The van der Waals surface area contributed by atoms with E-state index in [1.807, 2.05) is 6.26 Å². The Labute approximate surface area is 205 Å². The molecule has 2 N–H and O–H groups in total. The Morgan fingerprint density at radius 2 is 1.69 bits per heavy atom. The van der Waals surface area contributed by atoms with Crippen LogP contribution in [0.1, 0.15) is 10.4 Å². The summed E-state index contributed by atoms with van der Waals surface area (Å²) >= 11 is 1.42. The molecule has 0 saturated carbocycles. The molecule has 2 aromatic heterocycles. The van der Waals surface area contributed by atoms with Gasteiger partial charge in [-0.1, -0.05) is 6.07 Å². The van der Waals surface area contributed by atoms with Crippen LogP contribution in [-0.2, 0) is 0 Å². The fourth-order valence-corrected chi connectivity index (χ4v) is 3.84. The number of carbonyl (C=O) groups excluding carboxylic acids is 1. The van der Waals surface area contributed by atoms with Gasteiger partial charge in [-0.15, -0.1) is 11.8 Å². The van der Waals surface area contributed by atoms with Crippen molar-refractivity contribution in [3.63, 3.8) is 0 Å². The van der Waals surface area contributed by atoms with E-state index in [2.05, 4.69) is 25.6 Å². The van der Waals surface area contributed by atoms with Gasteiger partial charge in [-0.05, 0) is 54.8 Å². The number of hydrogen-bond donors (Lipinski definition) is 2. The van der Waals surface area contributed by atoms with E-state index in [0.29, 0.717) is 39.7 Å². The van der Waals surface area contributed by atoms with Crippen molar-refractivity contribution in [1.29, 1.82) is 0 Å². The zero-order valence-electron chi connectivity index (χ0n) is 19.2. The molecule has 0 aliphatic heterocycles. The molecule has 0 atom stereocenters. The number of hydrogen-bond acceptors (Lipinski definition) is 8. The van der Waals surface area contributed by atoms with E-state index in [1.54, 1.807) is 60.8 Å². The fraction of sp³-hybridized carbons (Fsp3) is 0.120. The molecule has 0 bridgehead atoms. The molecule has 4 aromatic rings. The van der Waals surface area contributed by atoms with Gasteiger partial charge < -0.3 is 20.1 Å². The summed E-state index contributed by atoms with van der Waals surface area (Å²) in [5.41, 5.74) is 2.27. The van der Waals surface area contributed by atoms with Gasteiger partial charge in [0.15, 0.2) is 0 Å². The monoisotopic (exact) mass is 491 g/mol. The van der Waals surface area contributed by atoms with Crippen LogP contribution in [0.4, 0.5) is 21.7 Å². The number of nitrogens with one attached hydrogen (secondary N) is 2. The van der Waals surface area contributed by atoms with Gasteiger partial charge in [-0.2, -0.15) is 4.39 Å². The highest BCUT2D eigenvalue weighted by atomic mass is 32.2. The van der Waals surface area contributed by atoms with Crippen molar-refractivity contribution in [2.45, 2.75) is 4.90 Å². The molecule has 2 heterocycles. The van der Waals surface area contributed by atoms with Crippen molar-refractivity contribution in [3.8, 4) is 22.8 Å². The summed E-state index contributed by atoms with van der Waals surface area (Å²) in [6, 6.07) is 15.3. The van der Waals surface area contributed by atoms with Gasteiger partial charge in [0, 0.05) is 23.6 Å². The molecule has 178 valence electrons. The van der Waals surface area contributed by atoms with E-state index >= 15 is 0 Å². The number of nitrogens with zero attached hydrogens (tertiary/aromatic N) is 3. The van der Waals surface area contributed by atoms with Crippen molar-refractivity contribution in [3.05, 3.63) is 78.5 Å². The first-order chi connectivity index (χ1) is 17.0. The summed E-state index contributed by atoms with van der Waals surface area (Å²) in [5.74, 6) is 0.339. The third kappa shape index (κ3) is 5.33. The van der Waals surface area contributed by atoms with Crippen molar-refractivity contribution in [2.75, 3.05) is 31.1 Å². The lowest BCUT2D eigenvalue weighted by Gasteiger charge is -2.14. The predicted octanol–water partition coefficient (Wildman–Crippen LogP) is 5.41. The molecule has 35 heavy (non-hydrogen) atoms. The van der Waals surface area contributed by atoms with Crippen molar-refractivity contribution >= 4 is 35.0 Å². The van der Waals surface area contributed by atoms with Gasteiger partial charge >= 0.3 is 0 Å². The molecule has 0 saturated heterocycles. The van der Waals surface area contributed by atoms with Gasteiger partial charge in [-0.3, -0.25) is 4.79 Å². The average molecular weight is 492 g/mol. The van der Waals surface area contributed by atoms with Gasteiger partial charge in [-0.25, -0.2) is 15.0 Å². The van der Waals surface area contributed by atoms with Gasteiger partial charge in [0.1, 0.15) is 17.2 Å². The summed E-state index contributed by atoms with van der Waals surface area (Å²) in [6.07, 6.45) is 4.89. The van der Waals surface area contributed by atoms with Crippen molar-refractivity contribution in [2.24, 2.45) is 0 Å². The number of thioether (sulfide) groups is 1. The molecule has 0 spiro atoms. The third-order valence-corrected chi connectivity index (χ3v) is 5.80. The molecule has 10 heteroatoms. The molecular weight excluding hydrogens is 469 g/mol. The van der Waals surface area contributed by atoms with Crippen LogP contribution < -0.4 is 20.1 Å². The highest BCUT2D eigenvalue weighted by molar-refractivity contribution is 7.98. The summed E-state index contributed by atoms with van der Waals surface area (Å²) in [6.45, 7) is 0. The second kappa shape index (κ2) is 10.8. The standard InChI is InChI=1S/C25H22FN5O3S/c1-33-18-7-4-8-19(34-2)22(18)30-24(32)15-9-11-16(12-10-15)29-25-28-14-20(35-3)21(31-25)17-6-5-13-27-23(17)26/h4-14H,1-3H3,(H,30,32)(H,28,29,31). The minimum absolute atomic E-state index is 0.289. The number of anilines is 3. The van der Waals surface area contributed by atoms with Gasteiger partial charge in [0.05, 0.1) is 30.4 Å². The van der Waals surface area contributed by atoms with E-state index in [9.17, 15) is 9.18 Å². The maximum Gasteiger partial charge on any atom is 0.255 e. The molecule has 0 unspecified atom stereocenters. The van der Waals surface area contributed by atoms with Gasteiger partial charge in [0.2, 0.25) is 11.9 Å². The summed E-state index contributed by atoms with van der Waals surface area (Å²) < 4.78 is 24.9. The topological polar surface area (TPSA) is 98.3 Å². The first kappa shape index (κ1) is 24.0. The normalized spacial score (nSPS) is 10.5.